The van der Waals surface area contributed by atoms with Gasteiger partial charge in [0.15, 0.2) is 0 Å². The predicted octanol–water partition coefficient (Wildman–Crippen LogP) is 2.53. The molecule has 0 aromatic heterocycles. The van der Waals surface area contributed by atoms with Crippen molar-refractivity contribution in [3.05, 3.63) is 34.6 Å². The second-order valence-electron chi connectivity index (χ2n) is 5.10. The third-order valence-corrected chi connectivity index (χ3v) is 3.83. The summed E-state index contributed by atoms with van der Waals surface area (Å²) < 4.78 is 13.0. The highest BCUT2D eigenvalue weighted by molar-refractivity contribution is 6.31. The smallest absolute Gasteiger partial charge is 0.239 e. The van der Waals surface area contributed by atoms with Crippen LogP contribution in [0.1, 0.15) is 18.4 Å². The second-order valence-corrected chi connectivity index (χ2v) is 5.50. The molecule has 0 radical (unpaired) electrons. The predicted molar refractivity (Wildman–Crippen MR) is 73.5 cm³/mol. The van der Waals surface area contributed by atoms with Gasteiger partial charge >= 0.3 is 0 Å². The fourth-order valence-corrected chi connectivity index (χ4v) is 2.69. The molecule has 0 bridgehead atoms. The molecule has 0 spiro atoms. The first-order valence-electron chi connectivity index (χ1n) is 6.38. The number of carbonyl (C=O) groups excluding carboxylic acids is 1. The SMILES string of the molecule is CN(C)C(=O)[C@H]1CCCN1Cc1ccc(F)cc1Cl. The molecule has 5 heteroatoms. The summed E-state index contributed by atoms with van der Waals surface area (Å²) in [6.07, 6.45) is 1.87. The molecular formula is C14H18ClFN2O. The first kappa shape index (κ1) is 14.3. The lowest BCUT2D eigenvalue weighted by Gasteiger charge is -2.26. The average molecular weight is 285 g/mol. The quantitative estimate of drug-likeness (QED) is 0.852. The van der Waals surface area contributed by atoms with E-state index in [1.807, 2.05) is 0 Å². The van der Waals surface area contributed by atoms with E-state index in [-0.39, 0.29) is 17.8 Å². The van der Waals surface area contributed by atoms with E-state index in [1.54, 1.807) is 25.1 Å². The molecule has 1 aromatic rings. The minimum absolute atomic E-state index is 0.0869. The van der Waals surface area contributed by atoms with Crippen molar-refractivity contribution in [1.82, 2.24) is 9.80 Å². The molecule has 1 amide bonds. The number of likely N-dealkylation sites (N-methyl/N-ethyl adjacent to an activating group) is 1. The van der Waals surface area contributed by atoms with E-state index in [0.29, 0.717) is 11.6 Å². The van der Waals surface area contributed by atoms with Crippen molar-refractivity contribution in [3.8, 4) is 0 Å². The first-order chi connectivity index (χ1) is 8.99. The van der Waals surface area contributed by atoms with Gasteiger partial charge in [-0.2, -0.15) is 0 Å². The van der Waals surface area contributed by atoms with Gasteiger partial charge in [0.2, 0.25) is 5.91 Å². The Balaban J connectivity index is 2.11. The lowest BCUT2D eigenvalue weighted by Crippen LogP contribution is -2.42. The van der Waals surface area contributed by atoms with Crippen molar-refractivity contribution in [1.29, 1.82) is 0 Å². The van der Waals surface area contributed by atoms with Gasteiger partial charge in [-0.15, -0.1) is 0 Å². The van der Waals surface area contributed by atoms with E-state index in [9.17, 15) is 9.18 Å². The Hall–Kier alpha value is -1.13. The lowest BCUT2D eigenvalue weighted by molar-refractivity contribution is -0.133. The molecule has 0 aliphatic carbocycles. The van der Waals surface area contributed by atoms with Gasteiger partial charge in [0, 0.05) is 25.7 Å². The zero-order valence-electron chi connectivity index (χ0n) is 11.2. The van der Waals surface area contributed by atoms with Crippen molar-refractivity contribution in [2.24, 2.45) is 0 Å². The summed E-state index contributed by atoms with van der Waals surface area (Å²) >= 11 is 6.04. The van der Waals surface area contributed by atoms with E-state index < -0.39 is 0 Å². The Bertz CT molecular complexity index is 479. The Morgan fingerprint density at radius 3 is 2.89 bits per heavy atom. The van der Waals surface area contributed by atoms with Gasteiger partial charge in [0.25, 0.3) is 0 Å². The third kappa shape index (κ3) is 3.25. The maximum atomic E-state index is 13.0. The minimum Gasteiger partial charge on any atom is -0.347 e. The molecule has 1 saturated heterocycles. The fourth-order valence-electron chi connectivity index (χ4n) is 2.46. The maximum absolute atomic E-state index is 13.0. The molecule has 0 unspecified atom stereocenters. The summed E-state index contributed by atoms with van der Waals surface area (Å²) in [5.74, 6) is -0.216. The Kier molecular flexibility index (Phi) is 4.42. The number of likely N-dealkylation sites (tertiary alicyclic amines) is 1. The highest BCUT2D eigenvalue weighted by Gasteiger charge is 2.31. The Labute approximate surface area is 117 Å². The molecule has 1 aromatic carbocycles. The molecule has 104 valence electrons. The standard InChI is InChI=1S/C14H18ClFN2O/c1-17(2)14(19)13-4-3-7-18(13)9-10-5-6-11(16)8-12(10)15/h5-6,8,13H,3-4,7,9H2,1-2H3/t13-/m1/s1. The van der Waals surface area contributed by atoms with Crippen LogP contribution in [-0.4, -0.2) is 42.4 Å². The van der Waals surface area contributed by atoms with E-state index in [4.69, 9.17) is 11.6 Å². The summed E-state index contributed by atoms with van der Waals surface area (Å²) in [4.78, 5) is 15.8. The summed E-state index contributed by atoms with van der Waals surface area (Å²) in [6, 6.07) is 4.32. The number of carbonyl (C=O) groups is 1. The van der Waals surface area contributed by atoms with Gasteiger partial charge < -0.3 is 4.90 Å². The van der Waals surface area contributed by atoms with Crippen LogP contribution < -0.4 is 0 Å². The zero-order chi connectivity index (χ0) is 14.0. The summed E-state index contributed by atoms with van der Waals surface area (Å²) in [6.45, 7) is 1.46. The summed E-state index contributed by atoms with van der Waals surface area (Å²) in [5, 5.41) is 0.419. The third-order valence-electron chi connectivity index (χ3n) is 3.48. The van der Waals surface area contributed by atoms with Crippen LogP contribution in [0.25, 0.3) is 0 Å². The number of hydrogen-bond acceptors (Lipinski definition) is 2. The zero-order valence-corrected chi connectivity index (χ0v) is 12.0. The molecular weight excluding hydrogens is 267 g/mol. The normalized spacial score (nSPS) is 19.7. The van der Waals surface area contributed by atoms with Crippen LogP contribution in [0.2, 0.25) is 5.02 Å². The number of benzene rings is 1. The Morgan fingerprint density at radius 1 is 1.53 bits per heavy atom. The number of nitrogens with zero attached hydrogens (tertiary/aromatic N) is 2. The number of amides is 1. The van der Waals surface area contributed by atoms with E-state index in [0.717, 1.165) is 24.9 Å². The lowest BCUT2D eigenvalue weighted by atomic mass is 10.1. The molecule has 19 heavy (non-hydrogen) atoms. The van der Waals surface area contributed by atoms with Gasteiger partial charge in [0.05, 0.1) is 6.04 Å². The molecule has 2 rings (SSSR count). The van der Waals surface area contributed by atoms with E-state index in [2.05, 4.69) is 4.90 Å². The molecule has 1 atom stereocenters. The van der Waals surface area contributed by atoms with Crippen molar-refractivity contribution in [2.45, 2.75) is 25.4 Å². The van der Waals surface area contributed by atoms with Gasteiger partial charge in [-0.05, 0) is 37.1 Å². The van der Waals surface area contributed by atoms with Crippen molar-refractivity contribution in [3.63, 3.8) is 0 Å². The van der Waals surface area contributed by atoms with Crippen LogP contribution in [0.5, 0.6) is 0 Å². The van der Waals surface area contributed by atoms with Gasteiger partial charge in [-0.1, -0.05) is 17.7 Å². The van der Waals surface area contributed by atoms with Crippen LogP contribution >= 0.6 is 11.6 Å². The van der Waals surface area contributed by atoms with Gasteiger partial charge in [-0.25, -0.2) is 4.39 Å². The van der Waals surface area contributed by atoms with E-state index >= 15 is 0 Å². The molecule has 3 nitrogen and oxygen atoms in total. The van der Waals surface area contributed by atoms with Gasteiger partial charge in [0.1, 0.15) is 5.82 Å². The largest absolute Gasteiger partial charge is 0.347 e. The molecule has 0 N–H and O–H groups in total. The van der Waals surface area contributed by atoms with Crippen LogP contribution in [0.15, 0.2) is 18.2 Å². The number of hydrogen-bond donors (Lipinski definition) is 0. The van der Waals surface area contributed by atoms with Crippen LogP contribution in [0.4, 0.5) is 4.39 Å². The van der Waals surface area contributed by atoms with Gasteiger partial charge in [-0.3, -0.25) is 9.69 Å². The summed E-state index contributed by atoms with van der Waals surface area (Å²) in [5.41, 5.74) is 0.863. The van der Waals surface area contributed by atoms with Crippen LogP contribution in [-0.2, 0) is 11.3 Å². The number of halogens is 2. The molecule has 1 aliphatic rings. The average Bonchev–Trinajstić information content (AvgIpc) is 2.79. The summed E-state index contributed by atoms with van der Waals surface area (Å²) in [7, 11) is 3.54. The van der Waals surface area contributed by atoms with Crippen LogP contribution in [0.3, 0.4) is 0 Å². The highest BCUT2D eigenvalue weighted by Crippen LogP contribution is 2.25. The van der Waals surface area contributed by atoms with Crippen molar-refractivity contribution >= 4 is 17.5 Å². The van der Waals surface area contributed by atoms with Crippen molar-refractivity contribution in [2.75, 3.05) is 20.6 Å². The fraction of sp³-hybridized carbons (Fsp3) is 0.500. The monoisotopic (exact) mass is 284 g/mol. The minimum atomic E-state index is -0.337. The topological polar surface area (TPSA) is 23.6 Å². The number of rotatable bonds is 3. The van der Waals surface area contributed by atoms with Crippen LogP contribution in [0, 0.1) is 5.82 Å². The maximum Gasteiger partial charge on any atom is 0.239 e. The molecule has 1 fully saturated rings. The molecule has 1 heterocycles. The van der Waals surface area contributed by atoms with Crippen molar-refractivity contribution < 1.29 is 9.18 Å². The second kappa shape index (κ2) is 5.88. The Morgan fingerprint density at radius 2 is 2.26 bits per heavy atom. The molecule has 0 saturated carbocycles. The van der Waals surface area contributed by atoms with E-state index in [1.165, 1.54) is 12.1 Å². The highest BCUT2D eigenvalue weighted by atomic mass is 35.5. The first-order valence-corrected chi connectivity index (χ1v) is 6.76. The molecule has 1 aliphatic heterocycles.